The van der Waals surface area contributed by atoms with E-state index >= 15 is 0 Å². The number of fused-ring (bicyclic) bond motifs is 1. The Morgan fingerprint density at radius 2 is 1.97 bits per heavy atom. The summed E-state index contributed by atoms with van der Waals surface area (Å²) >= 11 is 0. The lowest BCUT2D eigenvalue weighted by atomic mass is 10.1. The molecule has 1 saturated heterocycles. The van der Waals surface area contributed by atoms with E-state index in [9.17, 15) is 4.79 Å². The smallest absolute Gasteiger partial charge is 0.341 e. The fraction of sp³-hybridized carbons (Fsp3) is 0.320. The highest BCUT2D eigenvalue weighted by molar-refractivity contribution is 5.92. The monoisotopic (exact) mass is 461 g/mol. The van der Waals surface area contributed by atoms with Gasteiger partial charge in [-0.15, -0.1) is 0 Å². The summed E-state index contributed by atoms with van der Waals surface area (Å²) in [6.07, 6.45) is 9.88. The van der Waals surface area contributed by atoms with Gasteiger partial charge < -0.3 is 19.6 Å². The number of rotatable bonds is 7. The summed E-state index contributed by atoms with van der Waals surface area (Å²) in [7, 11) is 2.86. The van der Waals surface area contributed by atoms with Crippen molar-refractivity contribution in [2.45, 2.75) is 25.5 Å². The van der Waals surface area contributed by atoms with E-state index in [1.165, 1.54) is 14.2 Å². The Morgan fingerprint density at radius 1 is 1.12 bits per heavy atom. The van der Waals surface area contributed by atoms with Crippen molar-refractivity contribution in [1.29, 1.82) is 0 Å². The number of carbonyl (C=O) groups excluding carboxylic acids is 1. The molecule has 5 rings (SSSR count). The number of benzene rings is 1. The minimum absolute atomic E-state index is 0.291. The van der Waals surface area contributed by atoms with Crippen molar-refractivity contribution in [2.75, 3.05) is 27.3 Å². The number of aromatic nitrogens is 4. The maximum atomic E-state index is 11.9. The molecule has 0 bridgehead atoms. The molecule has 9 heteroatoms. The molecule has 0 saturated carbocycles. The number of piperidine rings is 1. The third-order valence-corrected chi connectivity index (χ3v) is 6.16. The molecule has 1 aromatic carbocycles. The zero-order chi connectivity index (χ0) is 23.5. The van der Waals surface area contributed by atoms with Crippen LogP contribution in [0.4, 0.5) is 0 Å². The van der Waals surface area contributed by atoms with Gasteiger partial charge in [0.15, 0.2) is 0 Å². The highest BCUT2D eigenvalue weighted by Gasteiger charge is 2.17. The molecule has 0 atom stereocenters. The second-order valence-corrected chi connectivity index (χ2v) is 8.26. The summed E-state index contributed by atoms with van der Waals surface area (Å²) in [6, 6.07) is 9.68. The number of nitrogens with one attached hydrogen (secondary N) is 1. The summed E-state index contributed by atoms with van der Waals surface area (Å²) in [5.41, 5.74) is 4.96. The Labute approximate surface area is 197 Å². The molecule has 1 aliphatic heterocycles. The van der Waals surface area contributed by atoms with Gasteiger partial charge in [-0.05, 0) is 55.8 Å². The molecule has 4 heterocycles. The number of hydrogen-bond donors (Lipinski definition) is 1. The molecular weight excluding hydrogens is 434 g/mol. The molecule has 1 N–H and O–H groups in total. The molecule has 3 aromatic heterocycles. The molecule has 0 spiro atoms. The predicted molar refractivity (Wildman–Crippen MR) is 127 cm³/mol. The van der Waals surface area contributed by atoms with Crippen LogP contribution in [0.2, 0.25) is 0 Å². The average molecular weight is 462 g/mol. The van der Waals surface area contributed by atoms with Crippen molar-refractivity contribution < 1.29 is 19.1 Å². The van der Waals surface area contributed by atoms with E-state index in [0.29, 0.717) is 24.0 Å². The normalized spacial score (nSPS) is 14.3. The molecule has 9 nitrogen and oxygen atoms in total. The van der Waals surface area contributed by atoms with Crippen LogP contribution in [0.5, 0.6) is 5.75 Å². The van der Waals surface area contributed by atoms with Gasteiger partial charge in [-0.3, -0.25) is 9.67 Å². The summed E-state index contributed by atoms with van der Waals surface area (Å²) in [4.78, 5) is 22.5. The van der Waals surface area contributed by atoms with Crippen LogP contribution in [0, 0.1) is 0 Å². The summed E-state index contributed by atoms with van der Waals surface area (Å²) in [5, 5.41) is 7.99. The number of hydrogen-bond acceptors (Lipinski definition) is 7. The zero-order valence-corrected chi connectivity index (χ0v) is 19.2. The maximum absolute atomic E-state index is 11.9. The van der Waals surface area contributed by atoms with Crippen LogP contribution < -0.4 is 14.9 Å². The lowest BCUT2D eigenvalue weighted by Gasteiger charge is -2.22. The maximum Gasteiger partial charge on any atom is 0.341 e. The zero-order valence-electron chi connectivity index (χ0n) is 19.2. The number of nitrogens with zero attached hydrogens (tertiary/aromatic N) is 4. The van der Waals surface area contributed by atoms with Gasteiger partial charge in [-0.2, -0.15) is 9.83 Å². The number of carbonyl (C=O) groups is 1. The molecule has 0 aliphatic carbocycles. The molecule has 176 valence electrons. The van der Waals surface area contributed by atoms with Gasteiger partial charge in [-0.25, -0.2) is 4.79 Å². The second kappa shape index (κ2) is 9.56. The van der Waals surface area contributed by atoms with E-state index in [4.69, 9.17) is 14.3 Å². The second-order valence-electron chi connectivity index (χ2n) is 8.26. The quantitative estimate of drug-likeness (QED) is 0.423. The van der Waals surface area contributed by atoms with Crippen LogP contribution in [0.25, 0.3) is 22.2 Å². The minimum Gasteiger partial charge on any atom is -0.496 e. The SMILES string of the molecule is COC(=O)c1ccc(COn2ccc3ncc(-c4cnn(C5CCNCC5)c4)cc32)cc1OC. The average Bonchev–Trinajstić information content (AvgIpc) is 3.54. The van der Waals surface area contributed by atoms with Crippen LogP contribution in [0.15, 0.2) is 55.1 Å². The molecule has 1 aliphatic rings. The van der Waals surface area contributed by atoms with Crippen LogP contribution in [0.3, 0.4) is 0 Å². The Bertz CT molecular complexity index is 1310. The molecule has 34 heavy (non-hydrogen) atoms. The Balaban J connectivity index is 1.35. The van der Waals surface area contributed by atoms with Crippen molar-refractivity contribution in [3.05, 3.63) is 66.2 Å². The first kappa shape index (κ1) is 22.0. The van der Waals surface area contributed by atoms with E-state index in [0.717, 1.165) is 53.7 Å². The van der Waals surface area contributed by atoms with Gasteiger partial charge in [-0.1, -0.05) is 6.07 Å². The predicted octanol–water partition coefficient (Wildman–Crippen LogP) is 3.25. The highest BCUT2D eigenvalue weighted by Crippen LogP contribution is 2.26. The van der Waals surface area contributed by atoms with Gasteiger partial charge in [0, 0.05) is 29.7 Å². The van der Waals surface area contributed by atoms with Gasteiger partial charge in [0.25, 0.3) is 0 Å². The minimum atomic E-state index is -0.442. The van der Waals surface area contributed by atoms with E-state index in [1.54, 1.807) is 16.9 Å². The number of methoxy groups -OCH3 is 2. The third-order valence-electron chi connectivity index (χ3n) is 6.16. The first-order chi connectivity index (χ1) is 16.7. The largest absolute Gasteiger partial charge is 0.496 e. The van der Waals surface area contributed by atoms with Crippen LogP contribution in [-0.4, -0.2) is 52.8 Å². The Morgan fingerprint density at radius 3 is 2.76 bits per heavy atom. The van der Waals surface area contributed by atoms with E-state index in [-0.39, 0.29) is 0 Å². The topological polar surface area (TPSA) is 92.4 Å². The van der Waals surface area contributed by atoms with Gasteiger partial charge in [0.2, 0.25) is 0 Å². The summed E-state index contributed by atoms with van der Waals surface area (Å²) < 4.78 is 13.9. The fourth-order valence-electron chi connectivity index (χ4n) is 4.26. The fourth-order valence-corrected chi connectivity index (χ4v) is 4.26. The number of pyridine rings is 1. The molecule has 4 aromatic rings. The Hall–Kier alpha value is -3.85. The van der Waals surface area contributed by atoms with Crippen molar-refractivity contribution in [2.24, 2.45) is 0 Å². The highest BCUT2D eigenvalue weighted by atomic mass is 16.7. The summed E-state index contributed by atoms with van der Waals surface area (Å²) in [6.45, 7) is 2.34. The Kier molecular flexibility index (Phi) is 6.18. The molecular formula is C25H27N5O4. The van der Waals surface area contributed by atoms with Gasteiger partial charge in [0.05, 0.1) is 32.0 Å². The van der Waals surface area contributed by atoms with Crippen molar-refractivity contribution in [3.8, 4) is 16.9 Å². The van der Waals surface area contributed by atoms with Crippen LogP contribution >= 0.6 is 0 Å². The van der Waals surface area contributed by atoms with Crippen LogP contribution in [0.1, 0.15) is 34.8 Å². The van der Waals surface area contributed by atoms with Crippen molar-refractivity contribution in [3.63, 3.8) is 0 Å². The van der Waals surface area contributed by atoms with E-state index < -0.39 is 5.97 Å². The van der Waals surface area contributed by atoms with Crippen molar-refractivity contribution in [1.82, 2.24) is 24.8 Å². The van der Waals surface area contributed by atoms with Gasteiger partial charge in [0.1, 0.15) is 23.4 Å². The molecule has 0 unspecified atom stereocenters. The first-order valence-electron chi connectivity index (χ1n) is 11.3. The van der Waals surface area contributed by atoms with Crippen molar-refractivity contribution >= 4 is 17.0 Å². The molecule has 0 amide bonds. The van der Waals surface area contributed by atoms with E-state index in [2.05, 4.69) is 32.3 Å². The van der Waals surface area contributed by atoms with Crippen LogP contribution in [-0.2, 0) is 11.3 Å². The third kappa shape index (κ3) is 4.34. The summed E-state index contributed by atoms with van der Waals surface area (Å²) in [5.74, 6) is 0.00262. The number of esters is 1. The van der Waals surface area contributed by atoms with E-state index in [1.807, 2.05) is 30.7 Å². The lowest BCUT2D eigenvalue weighted by molar-refractivity contribution is 0.0596. The van der Waals surface area contributed by atoms with Gasteiger partial charge >= 0.3 is 5.97 Å². The standard InChI is InChI=1S/C25H27N5O4/c1-32-24-11-17(3-4-21(24)25(31)33-2)16-34-30-10-7-22-23(30)12-18(13-27-22)19-14-28-29(15-19)20-5-8-26-9-6-20/h3-4,7,10-15,20,26H,5-6,8-9,16H2,1-2H3. The molecule has 1 fully saturated rings. The first-order valence-corrected chi connectivity index (χ1v) is 11.3. The number of ether oxygens (including phenoxy) is 2. The lowest BCUT2D eigenvalue weighted by Crippen LogP contribution is -2.29. The molecule has 0 radical (unpaired) electrons.